The van der Waals surface area contributed by atoms with Crippen LogP contribution >= 0.6 is 0 Å². The molecule has 0 spiro atoms. The second kappa shape index (κ2) is 3.00. The van der Waals surface area contributed by atoms with Crippen LogP contribution in [-0.4, -0.2) is 12.3 Å². The van der Waals surface area contributed by atoms with Crippen molar-refractivity contribution in [2.24, 2.45) is 10.9 Å². The zero-order valence-electron chi connectivity index (χ0n) is 6.94. The van der Waals surface area contributed by atoms with Gasteiger partial charge >= 0.3 is 0 Å². The molecule has 0 rings (SSSR count). The van der Waals surface area contributed by atoms with Crippen molar-refractivity contribution < 1.29 is 0 Å². The summed E-state index contributed by atoms with van der Waals surface area (Å²) in [6, 6.07) is 0. The van der Waals surface area contributed by atoms with Crippen molar-refractivity contribution in [1.29, 1.82) is 0 Å². The zero-order valence-corrected chi connectivity index (χ0v) is 6.94. The van der Waals surface area contributed by atoms with Gasteiger partial charge in [-0.1, -0.05) is 20.3 Å². The zero-order chi connectivity index (χ0) is 7.49. The average Bonchev–Trinajstić information content (AvgIpc) is 1.86. The molecular weight excluding hydrogens is 110 g/mol. The van der Waals surface area contributed by atoms with Crippen molar-refractivity contribution >= 4 is 6.72 Å². The molecule has 0 radical (unpaired) electrons. The monoisotopic (exact) mass is 127 g/mol. The van der Waals surface area contributed by atoms with E-state index in [1.165, 1.54) is 6.42 Å². The molecular formula is C8H17N. The Morgan fingerprint density at radius 3 is 2.11 bits per heavy atom. The van der Waals surface area contributed by atoms with Crippen LogP contribution in [0.2, 0.25) is 0 Å². The van der Waals surface area contributed by atoms with E-state index in [1.807, 2.05) is 0 Å². The smallest absolute Gasteiger partial charge is 0.0570 e. The summed E-state index contributed by atoms with van der Waals surface area (Å²) in [5, 5.41) is 0. The Hall–Kier alpha value is -0.330. The maximum Gasteiger partial charge on any atom is 0.0570 e. The number of aliphatic imine (C=N–C) groups is 1. The van der Waals surface area contributed by atoms with Crippen LogP contribution < -0.4 is 0 Å². The number of nitrogens with zero attached hydrogens (tertiary/aromatic N) is 1. The van der Waals surface area contributed by atoms with Gasteiger partial charge < -0.3 is 0 Å². The van der Waals surface area contributed by atoms with Gasteiger partial charge in [-0.15, -0.1) is 0 Å². The molecule has 0 fully saturated rings. The molecule has 0 aromatic heterocycles. The van der Waals surface area contributed by atoms with E-state index in [-0.39, 0.29) is 5.54 Å². The van der Waals surface area contributed by atoms with Gasteiger partial charge in [0.05, 0.1) is 5.54 Å². The maximum atomic E-state index is 4.04. The molecule has 0 saturated heterocycles. The summed E-state index contributed by atoms with van der Waals surface area (Å²) in [6.45, 7) is 12.2. The molecule has 0 aromatic rings. The molecule has 1 heteroatoms. The van der Waals surface area contributed by atoms with E-state index in [9.17, 15) is 0 Å². The largest absolute Gasteiger partial charge is 0.295 e. The summed E-state index contributed by atoms with van der Waals surface area (Å²) in [6.07, 6.45) is 1.17. The van der Waals surface area contributed by atoms with E-state index in [4.69, 9.17) is 0 Å². The number of rotatable bonds is 3. The molecule has 0 aliphatic carbocycles. The third-order valence-electron chi connectivity index (χ3n) is 2.23. The minimum absolute atomic E-state index is 0.0642. The van der Waals surface area contributed by atoms with Crippen LogP contribution in [0.25, 0.3) is 0 Å². The Morgan fingerprint density at radius 1 is 1.56 bits per heavy atom. The van der Waals surface area contributed by atoms with E-state index in [0.717, 1.165) is 0 Å². The average molecular weight is 127 g/mol. The quantitative estimate of drug-likeness (QED) is 0.516. The van der Waals surface area contributed by atoms with Crippen molar-refractivity contribution in [3.8, 4) is 0 Å². The molecule has 1 atom stereocenters. The first-order valence-corrected chi connectivity index (χ1v) is 3.52. The Bertz CT molecular complexity index is 94.7. The molecule has 1 nitrogen and oxygen atoms in total. The van der Waals surface area contributed by atoms with E-state index >= 15 is 0 Å². The van der Waals surface area contributed by atoms with Crippen LogP contribution in [-0.2, 0) is 0 Å². The van der Waals surface area contributed by atoms with Crippen LogP contribution in [0.15, 0.2) is 4.99 Å². The predicted molar refractivity (Wildman–Crippen MR) is 43.1 cm³/mol. The van der Waals surface area contributed by atoms with Crippen molar-refractivity contribution in [2.75, 3.05) is 0 Å². The van der Waals surface area contributed by atoms with E-state index in [1.54, 1.807) is 0 Å². The predicted octanol–water partition coefficient (Wildman–Crippen LogP) is 2.51. The van der Waals surface area contributed by atoms with Crippen molar-refractivity contribution in [2.45, 2.75) is 39.7 Å². The lowest BCUT2D eigenvalue weighted by Crippen LogP contribution is -2.25. The molecule has 0 aliphatic rings. The van der Waals surface area contributed by atoms with Crippen LogP contribution in [0, 0.1) is 5.92 Å². The maximum absolute atomic E-state index is 4.04. The number of hydrogen-bond acceptors (Lipinski definition) is 1. The molecule has 0 saturated carbocycles. The molecule has 0 heterocycles. The van der Waals surface area contributed by atoms with Gasteiger partial charge in [-0.05, 0) is 26.5 Å². The first-order chi connectivity index (χ1) is 4.04. The van der Waals surface area contributed by atoms with Crippen molar-refractivity contribution in [1.82, 2.24) is 0 Å². The molecule has 54 valence electrons. The van der Waals surface area contributed by atoms with Gasteiger partial charge in [0, 0.05) is 0 Å². The minimum atomic E-state index is 0.0642. The highest BCUT2D eigenvalue weighted by Crippen LogP contribution is 2.22. The topological polar surface area (TPSA) is 12.4 Å². The van der Waals surface area contributed by atoms with Crippen LogP contribution in [0.5, 0.6) is 0 Å². The van der Waals surface area contributed by atoms with Crippen LogP contribution in [0.1, 0.15) is 34.1 Å². The van der Waals surface area contributed by atoms with Gasteiger partial charge in [-0.3, -0.25) is 4.99 Å². The highest BCUT2D eigenvalue weighted by atomic mass is 14.8. The van der Waals surface area contributed by atoms with Gasteiger partial charge in [0.1, 0.15) is 0 Å². The molecule has 9 heavy (non-hydrogen) atoms. The minimum Gasteiger partial charge on any atom is -0.295 e. The summed E-state index contributed by atoms with van der Waals surface area (Å²) in [5.74, 6) is 0.634. The Morgan fingerprint density at radius 2 is 2.00 bits per heavy atom. The fourth-order valence-electron chi connectivity index (χ4n) is 0.655. The normalized spacial score (nSPS) is 15.1. The molecule has 0 aliphatic heterocycles. The van der Waals surface area contributed by atoms with Gasteiger partial charge in [-0.2, -0.15) is 0 Å². The van der Waals surface area contributed by atoms with Gasteiger partial charge in [-0.25, -0.2) is 0 Å². The molecule has 0 aromatic carbocycles. The van der Waals surface area contributed by atoms with Gasteiger partial charge in [0.25, 0.3) is 0 Å². The summed E-state index contributed by atoms with van der Waals surface area (Å²) in [5.41, 5.74) is 0.0642. The van der Waals surface area contributed by atoms with Crippen LogP contribution in [0.3, 0.4) is 0 Å². The molecule has 0 bridgehead atoms. The fraction of sp³-hybridized carbons (Fsp3) is 0.875. The molecule has 1 unspecified atom stereocenters. The summed E-state index contributed by atoms with van der Waals surface area (Å²) in [4.78, 5) is 4.04. The highest BCUT2D eigenvalue weighted by Gasteiger charge is 2.21. The Kier molecular flexibility index (Phi) is 2.89. The lowest BCUT2D eigenvalue weighted by atomic mass is 9.88. The van der Waals surface area contributed by atoms with Gasteiger partial charge in [0.2, 0.25) is 0 Å². The second-order valence-electron chi connectivity index (χ2n) is 3.12. The third-order valence-corrected chi connectivity index (χ3v) is 2.23. The van der Waals surface area contributed by atoms with E-state index in [2.05, 4.69) is 39.4 Å². The SMILES string of the molecule is C=NC(C)(C)C(C)CC. The van der Waals surface area contributed by atoms with E-state index < -0.39 is 0 Å². The molecule has 0 N–H and O–H groups in total. The Balaban J connectivity index is 3.95. The van der Waals surface area contributed by atoms with Crippen molar-refractivity contribution in [3.63, 3.8) is 0 Å². The van der Waals surface area contributed by atoms with Crippen molar-refractivity contribution in [3.05, 3.63) is 0 Å². The van der Waals surface area contributed by atoms with E-state index in [0.29, 0.717) is 5.92 Å². The third kappa shape index (κ3) is 2.17. The molecule has 0 amide bonds. The van der Waals surface area contributed by atoms with Crippen LogP contribution in [0.4, 0.5) is 0 Å². The first kappa shape index (κ1) is 8.67. The summed E-state index contributed by atoms with van der Waals surface area (Å²) >= 11 is 0. The summed E-state index contributed by atoms with van der Waals surface area (Å²) < 4.78 is 0. The lowest BCUT2D eigenvalue weighted by Gasteiger charge is -2.25. The van der Waals surface area contributed by atoms with Gasteiger partial charge in [0.15, 0.2) is 0 Å². The first-order valence-electron chi connectivity index (χ1n) is 3.52. The number of hydrogen-bond donors (Lipinski definition) is 0. The Labute approximate surface area is 58.2 Å². The summed E-state index contributed by atoms with van der Waals surface area (Å²) in [7, 11) is 0. The fourth-order valence-corrected chi connectivity index (χ4v) is 0.655. The standard InChI is InChI=1S/C8H17N/c1-6-7(2)8(3,4)9-5/h7H,5-6H2,1-4H3. The second-order valence-corrected chi connectivity index (χ2v) is 3.12. The lowest BCUT2D eigenvalue weighted by molar-refractivity contribution is 0.342. The highest BCUT2D eigenvalue weighted by molar-refractivity contribution is 5.25.